The second-order valence-electron chi connectivity index (χ2n) is 4.74. The standard InChI is InChI=1S/C12H23N3O2/c1-3-15(2)11(16)8-14-10-6-4-9(5-7-10)12(13)17/h9-10,14H,3-8H2,1-2H3,(H2,13,17). The first-order valence-electron chi connectivity index (χ1n) is 6.31. The Bertz CT molecular complexity index is 273. The van der Waals surface area contributed by atoms with E-state index in [9.17, 15) is 9.59 Å². The van der Waals surface area contributed by atoms with E-state index in [1.807, 2.05) is 6.92 Å². The topological polar surface area (TPSA) is 75.4 Å². The van der Waals surface area contributed by atoms with Crippen molar-refractivity contribution in [2.24, 2.45) is 11.7 Å². The highest BCUT2D eigenvalue weighted by atomic mass is 16.2. The van der Waals surface area contributed by atoms with Crippen LogP contribution in [0.25, 0.3) is 0 Å². The van der Waals surface area contributed by atoms with Gasteiger partial charge in [0.1, 0.15) is 0 Å². The SMILES string of the molecule is CCN(C)C(=O)CNC1CCC(C(N)=O)CC1. The summed E-state index contributed by atoms with van der Waals surface area (Å²) in [5.41, 5.74) is 5.27. The summed E-state index contributed by atoms with van der Waals surface area (Å²) in [4.78, 5) is 24.3. The predicted molar refractivity (Wildman–Crippen MR) is 66.3 cm³/mol. The van der Waals surface area contributed by atoms with E-state index in [1.54, 1.807) is 11.9 Å². The fourth-order valence-electron chi connectivity index (χ4n) is 2.13. The Labute approximate surface area is 103 Å². The number of primary amides is 1. The molecule has 3 N–H and O–H groups in total. The van der Waals surface area contributed by atoms with Crippen molar-refractivity contribution in [3.8, 4) is 0 Å². The molecule has 5 heteroatoms. The number of carbonyl (C=O) groups excluding carboxylic acids is 2. The van der Waals surface area contributed by atoms with Gasteiger partial charge in [0.25, 0.3) is 0 Å². The Balaban J connectivity index is 2.22. The van der Waals surface area contributed by atoms with Crippen LogP contribution in [-0.4, -0.2) is 42.9 Å². The summed E-state index contributed by atoms with van der Waals surface area (Å²) < 4.78 is 0. The maximum atomic E-state index is 11.6. The van der Waals surface area contributed by atoms with Crippen LogP contribution in [0.3, 0.4) is 0 Å². The number of hydrogen-bond donors (Lipinski definition) is 2. The zero-order chi connectivity index (χ0) is 12.8. The van der Waals surface area contributed by atoms with Gasteiger partial charge in [-0.05, 0) is 32.6 Å². The van der Waals surface area contributed by atoms with Gasteiger partial charge in [-0.2, -0.15) is 0 Å². The van der Waals surface area contributed by atoms with Gasteiger partial charge in [-0.25, -0.2) is 0 Å². The normalized spacial score (nSPS) is 24.4. The Morgan fingerprint density at radius 2 is 1.88 bits per heavy atom. The van der Waals surface area contributed by atoms with Crippen molar-refractivity contribution in [2.45, 2.75) is 38.6 Å². The van der Waals surface area contributed by atoms with Crippen LogP contribution in [0, 0.1) is 5.92 Å². The second kappa shape index (κ2) is 6.59. The molecule has 0 heterocycles. The average Bonchev–Trinajstić information content (AvgIpc) is 2.35. The summed E-state index contributed by atoms with van der Waals surface area (Å²) in [7, 11) is 1.80. The van der Waals surface area contributed by atoms with Crippen LogP contribution in [0.4, 0.5) is 0 Å². The molecule has 0 radical (unpaired) electrons. The minimum absolute atomic E-state index is 0.0297. The Morgan fingerprint density at radius 1 is 1.29 bits per heavy atom. The van der Waals surface area contributed by atoms with Crippen LogP contribution in [-0.2, 0) is 9.59 Å². The van der Waals surface area contributed by atoms with Gasteiger partial charge in [0.05, 0.1) is 6.54 Å². The van der Waals surface area contributed by atoms with E-state index in [0.29, 0.717) is 12.6 Å². The van der Waals surface area contributed by atoms with Crippen LogP contribution in [0.5, 0.6) is 0 Å². The second-order valence-corrected chi connectivity index (χ2v) is 4.74. The van der Waals surface area contributed by atoms with Crippen molar-refractivity contribution in [1.29, 1.82) is 0 Å². The molecule has 0 bridgehead atoms. The monoisotopic (exact) mass is 241 g/mol. The van der Waals surface area contributed by atoms with Crippen molar-refractivity contribution in [1.82, 2.24) is 10.2 Å². The largest absolute Gasteiger partial charge is 0.369 e. The number of nitrogens with one attached hydrogen (secondary N) is 1. The van der Waals surface area contributed by atoms with Gasteiger partial charge < -0.3 is 16.0 Å². The lowest BCUT2D eigenvalue weighted by Gasteiger charge is -2.27. The molecule has 0 aromatic rings. The molecule has 0 unspecified atom stereocenters. The lowest BCUT2D eigenvalue weighted by Crippen LogP contribution is -2.42. The molecular formula is C12H23N3O2. The summed E-state index contributed by atoms with van der Waals surface area (Å²) in [6.07, 6.45) is 3.53. The molecule has 0 saturated heterocycles. The van der Waals surface area contributed by atoms with E-state index in [1.165, 1.54) is 0 Å². The number of amides is 2. The highest BCUT2D eigenvalue weighted by molar-refractivity contribution is 5.78. The molecule has 1 aliphatic rings. The molecule has 0 aliphatic heterocycles. The first kappa shape index (κ1) is 14.0. The minimum atomic E-state index is -0.190. The number of hydrogen-bond acceptors (Lipinski definition) is 3. The molecule has 5 nitrogen and oxygen atoms in total. The zero-order valence-electron chi connectivity index (χ0n) is 10.7. The number of rotatable bonds is 5. The smallest absolute Gasteiger partial charge is 0.236 e. The van der Waals surface area contributed by atoms with Crippen LogP contribution < -0.4 is 11.1 Å². The highest BCUT2D eigenvalue weighted by Crippen LogP contribution is 2.23. The fourth-order valence-corrected chi connectivity index (χ4v) is 2.13. The van der Waals surface area contributed by atoms with Gasteiger partial charge in [-0.1, -0.05) is 0 Å². The number of likely N-dealkylation sites (N-methyl/N-ethyl adjacent to an activating group) is 1. The van der Waals surface area contributed by atoms with Gasteiger partial charge in [-0.15, -0.1) is 0 Å². The molecule has 17 heavy (non-hydrogen) atoms. The van der Waals surface area contributed by atoms with Crippen molar-refractivity contribution in [2.75, 3.05) is 20.1 Å². The molecule has 0 spiro atoms. The third kappa shape index (κ3) is 4.34. The molecule has 0 atom stereocenters. The van der Waals surface area contributed by atoms with E-state index < -0.39 is 0 Å². The maximum absolute atomic E-state index is 11.6. The van der Waals surface area contributed by atoms with Crippen LogP contribution >= 0.6 is 0 Å². The quantitative estimate of drug-likeness (QED) is 0.716. The first-order chi connectivity index (χ1) is 8.04. The van der Waals surface area contributed by atoms with Crippen LogP contribution in [0.15, 0.2) is 0 Å². The third-order valence-electron chi connectivity index (χ3n) is 3.57. The van der Waals surface area contributed by atoms with E-state index >= 15 is 0 Å². The summed E-state index contributed by atoms with van der Waals surface area (Å²) in [6, 6.07) is 0.347. The van der Waals surface area contributed by atoms with Crippen molar-refractivity contribution in [3.05, 3.63) is 0 Å². The van der Waals surface area contributed by atoms with Crippen LogP contribution in [0.2, 0.25) is 0 Å². The number of nitrogens with zero attached hydrogens (tertiary/aromatic N) is 1. The lowest BCUT2D eigenvalue weighted by atomic mass is 9.85. The lowest BCUT2D eigenvalue weighted by molar-refractivity contribution is -0.129. The van der Waals surface area contributed by atoms with E-state index in [0.717, 1.165) is 32.2 Å². The van der Waals surface area contributed by atoms with Crippen molar-refractivity contribution >= 4 is 11.8 Å². The van der Waals surface area contributed by atoms with Gasteiger partial charge in [0.15, 0.2) is 0 Å². The van der Waals surface area contributed by atoms with Gasteiger partial charge in [0, 0.05) is 25.6 Å². The zero-order valence-corrected chi connectivity index (χ0v) is 10.7. The number of nitrogens with two attached hydrogens (primary N) is 1. The van der Waals surface area contributed by atoms with E-state index in [2.05, 4.69) is 5.32 Å². The Kier molecular flexibility index (Phi) is 5.41. The predicted octanol–water partition coefficient (Wildman–Crippen LogP) is 0.0984. The molecule has 0 aromatic heterocycles. The summed E-state index contributed by atoms with van der Waals surface area (Å²) in [5.74, 6) is -0.0446. The van der Waals surface area contributed by atoms with Gasteiger partial charge >= 0.3 is 0 Å². The first-order valence-corrected chi connectivity index (χ1v) is 6.31. The van der Waals surface area contributed by atoms with Gasteiger partial charge in [-0.3, -0.25) is 9.59 Å². The molecule has 1 saturated carbocycles. The summed E-state index contributed by atoms with van der Waals surface area (Å²) in [5, 5.41) is 3.25. The van der Waals surface area contributed by atoms with Crippen molar-refractivity contribution < 1.29 is 9.59 Å². The summed E-state index contributed by atoms with van der Waals surface area (Å²) >= 11 is 0. The van der Waals surface area contributed by atoms with E-state index in [4.69, 9.17) is 5.73 Å². The van der Waals surface area contributed by atoms with Crippen molar-refractivity contribution in [3.63, 3.8) is 0 Å². The fraction of sp³-hybridized carbons (Fsp3) is 0.833. The molecular weight excluding hydrogens is 218 g/mol. The molecule has 0 aromatic carbocycles. The Hall–Kier alpha value is -1.10. The van der Waals surface area contributed by atoms with Gasteiger partial charge in [0.2, 0.25) is 11.8 Å². The maximum Gasteiger partial charge on any atom is 0.236 e. The molecule has 1 fully saturated rings. The minimum Gasteiger partial charge on any atom is -0.369 e. The van der Waals surface area contributed by atoms with E-state index in [-0.39, 0.29) is 17.7 Å². The molecule has 98 valence electrons. The molecule has 1 aliphatic carbocycles. The molecule has 1 rings (SSSR count). The highest BCUT2D eigenvalue weighted by Gasteiger charge is 2.24. The summed E-state index contributed by atoms with van der Waals surface area (Å²) in [6.45, 7) is 3.07. The average molecular weight is 241 g/mol. The Morgan fingerprint density at radius 3 is 2.35 bits per heavy atom. The molecule has 2 amide bonds. The number of carbonyl (C=O) groups is 2. The van der Waals surface area contributed by atoms with Crippen LogP contribution in [0.1, 0.15) is 32.6 Å². The third-order valence-corrected chi connectivity index (χ3v) is 3.57.